The minimum absolute atomic E-state index is 0.250. The van der Waals surface area contributed by atoms with Gasteiger partial charge in [0.15, 0.2) is 0 Å². The van der Waals surface area contributed by atoms with Gasteiger partial charge in [-0.2, -0.15) is 0 Å². The quantitative estimate of drug-likeness (QED) is 0.625. The van der Waals surface area contributed by atoms with Crippen LogP contribution in [0.25, 0.3) is 0 Å². The van der Waals surface area contributed by atoms with E-state index in [1.54, 1.807) is 0 Å². The van der Waals surface area contributed by atoms with Gasteiger partial charge in [-0.3, -0.25) is 0 Å². The maximum absolute atomic E-state index is 9.67. The fourth-order valence-corrected chi connectivity index (χ4v) is 3.91. The molecule has 1 saturated carbocycles. The van der Waals surface area contributed by atoms with E-state index in [1.165, 1.54) is 32.1 Å². The topological polar surface area (TPSA) is 41.5 Å². The van der Waals surface area contributed by atoms with Gasteiger partial charge in [-0.05, 0) is 75.4 Å². The molecule has 3 nitrogen and oxygen atoms in total. The normalized spacial score (nSPS) is 16.3. The summed E-state index contributed by atoms with van der Waals surface area (Å²) in [5.41, 5.74) is 1.14. The van der Waals surface area contributed by atoms with E-state index < -0.39 is 0 Å². The summed E-state index contributed by atoms with van der Waals surface area (Å²) in [6.45, 7) is 2.59. The first-order chi connectivity index (χ1) is 10.2. The molecule has 0 aliphatic heterocycles. The number of nitrogens with one attached hydrogen (secondary N) is 1. The maximum Gasteiger partial charge on any atom is 0.143 e. The van der Waals surface area contributed by atoms with E-state index >= 15 is 0 Å². The van der Waals surface area contributed by atoms with Crippen LogP contribution in [0.3, 0.4) is 0 Å². The summed E-state index contributed by atoms with van der Waals surface area (Å²) >= 11 is 6.69. The number of phenolic OH excluding ortho intramolecular Hbond substituents is 1. The SMILES string of the molecule is Oc1c(Br)cc(CNCCCOC2CCCCC2)cc1Br. The zero-order chi connectivity index (χ0) is 15.1. The third kappa shape index (κ3) is 5.89. The highest BCUT2D eigenvalue weighted by molar-refractivity contribution is 9.11. The molecule has 1 aromatic rings. The molecular weight excluding hydrogens is 398 g/mol. The van der Waals surface area contributed by atoms with Crippen LogP contribution in [-0.4, -0.2) is 24.4 Å². The van der Waals surface area contributed by atoms with Gasteiger partial charge in [0.1, 0.15) is 5.75 Å². The Labute approximate surface area is 143 Å². The molecule has 2 N–H and O–H groups in total. The van der Waals surface area contributed by atoms with E-state index in [-0.39, 0.29) is 5.75 Å². The monoisotopic (exact) mass is 419 g/mol. The highest BCUT2D eigenvalue weighted by Crippen LogP contribution is 2.33. The highest BCUT2D eigenvalue weighted by Gasteiger charge is 2.12. The Morgan fingerprint density at radius 3 is 2.48 bits per heavy atom. The van der Waals surface area contributed by atoms with Crippen LogP contribution in [0, 0.1) is 0 Å². The second kappa shape index (κ2) is 9.13. The zero-order valence-electron chi connectivity index (χ0n) is 12.2. The minimum Gasteiger partial charge on any atom is -0.506 e. The second-order valence-corrected chi connectivity index (χ2v) is 7.28. The van der Waals surface area contributed by atoms with Gasteiger partial charge < -0.3 is 15.2 Å². The average Bonchev–Trinajstić information content (AvgIpc) is 2.49. The van der Waals surface area contributed by atoms with E-state index in [0.29, 0.717) is 15.0 Å². The first-order valence-electron chi connectivity index (χ1n) is 7.66. The fraction of sp³-hybridized carbons (Fsp3) is 0.625. The van der Waals surface area contributed by atoms with Crippen LogP contribution in [0.4, 0.5) is 0 Å². The number of hydrogen-bond donors (Lipinski definition) is 2. The predicted molar refractivity (Wildman–Crippen MR) is 92.7 cm³/mol. The third-order valence-electron chi connectivity index (χ3n) is 3.81. The van der Waals surface area contributed by atoms with Gasteiger partial charge in [0.2, 0.25) is 0 Å². The van der Waals surface area contributed by atoms with Crippen molar-refractivity contribution < 1.29 is 9.84 Å². The Kier molecular flexibility index (Phi) is 7.50. The molecule has 21 heavy (non-hydrogen) atoms. The molecule has 0 spiro atoms. The fourth-order valence-electron chi connectivity index (χ4n) is 2.63. The number of hydrogen-bond acceptors (Lipinski definition) is 3. The van der Waals surface area contributed by atoms with E-state index in [0.717, 1.165) is 31.7 Å². The summed E-state index contributed by atoms with van der Waals surface area (Å²) in [4.78, 5) is 0. The number of aromatic hydroxyl groups is 1. The van der Waals surface area contributed by atoms with Gasteiger partial charge in [0.05, 0.1) is 15.0 Å². The number of halogens is 2. The minimum atomic E-state index is 0.250. The first kappa shape index (κ1) is 17.3. The molecule has 0 bridgehead atoms. The Bertz CT molecular complexity index is 425. The summed E-state index contributed by atoms with van der Waals surface area (Å²) in [5, 5.41) is 13.1. The summed E-state index contributed by atoms with van der Waals surface area (Å²) in [6, 6.07) is 3.87. The summed E-state index contributed by atoms with van der Waals surface area (Å²) < 4.78 is 7.34. The van der Waals surface area contributed by atoms with Gasteiger partial charge in [-0.1, -0.05) is 19.3 Å². The maximum atomic E-state index is 9.67. The molecule has 1 aliphatic carbocycles. The summed E-state index contributed by atoms with van der Waals surface area (Å²) in [7, 11) is 0. The molecule has 1 aromatic carbocycles. The molecule has 1 fully saturated rings. The Balaban J connectivity index is 1.59. The van der Waals surface area contributed by atoms with Crippen LogP contribution in [0.1, 0.15) is 44.1 Å². The van der Waals surface area contributed by atoms with Crippen LogP contribution in [0.15, 0.2) is 21.1 Å². The largest absolute Gasteiger partial charge is 0.506 e. The molecule has 0 aromatic heterocycles. The molecular formula is C16H23Br2NO2. The molecule has 0 atom stereocenters. The van der Waals surface area contributed by atoms with Crippen LogP contribution in [-0.2, 0) is 11.3 Å². The zero-order valence-corrected chi connectivity index (χ0v) is 15.4. The first-order valence-corrected chi connectivity index (χ1v) is 9.24. The molecule has 2 rings (SSSR count). The molecule has 0 heterocycles. The second-order valence-electron chi connectivity index (χ2n) is 5.57. The lowest BCUT2D eigenvalue weighted by molar-refractivity contribution is 0.0273. The van der Waals surface area contributed by atoms with Gasteiger partial charge in [0, 0.05) is 13.2 Å². The van der Waals surface area contributed by atoms with E-state index in [9.17, 15) is 5.11 Å². The lowest BCUT2D eigenvalue weighted by Gasteiger charge is -2.21. The van der Waals surface area contributed by atoms with Crippen molar-refractivity contribution in [3.8, 4) is 5.75 Å². The van der Waals surface area contributed by atoms with E-state index in [2.05, 4.69) is 37.2 Å². The van der Waals surface area contributed by atoms with Crippen molar-refractivity contribution in [2.24, 2.45) is 0 Å². The van der Waals surface area contributed by atoms with Crippen LogP contribution < -0.4 is 5.32 Å². The van der Waals surface area contributed by atoms with Crippen molar-refractivity contribution >= 4 is 31.9 Å². The Morgan fingerprint density at radius 1 is 1.14 bits per heavy atom. The molecule has 0 amide bonds. The highest BCUT2D eigenvalue weighted by atomic mass is 79.9. The molecule has 0 saturated heterocycles. The average molecular weight is 421 g/mol. The van der Waals surface area contributed by atoms with Gasteiger partial charge >= 0.3 is 0 Å². The molecule has 0 unspecified atom stereocenters. The van der Waals surface area contributed by atoms with Crippen molar-refractivity contribution in [2.45, 2.75) is 51.2 Å². The smallest absolute Gasteiger partial charge is 0.143 e. The number of rotatable bonds is 7. The number of ether oxygens (including phenoxy) is 1. The number of benzene rings is 1. The molecule has 0 radical (unpaired) electrons. The van der Waals surface area contributed by atoms with Crippen LogP contribution in [0.5, 0.6) is 5.75 Å². The van der Waals surface area contributed by atoms with Gasteiger partial charge in [-0.25, -0.2) is 0 Å². The van der Waals surface area contributed by atoms with Gasteiger partial charge in [0.25, 0.3) is 0 Å². The van der Waals surface area contributed by atoms with Crippen molar-refractivity contribution in [1.29, 1.82) is 0 Å². The molecule has 118 valence electrons. The summed E-state index contributed by atoms with van der Waals surface area (Å²) in [5.74, 6) is 0.250. The van der Waals surface area contributed by atoms with Crippen LogP contribution in [0.2, 0.25) is 0 Å². The predicted octanol–water partition coefficient (Wildman–Crippen LogP) is 4.75. The van der Waals surface area contributed by atoms with Crippen molar-refractivity contribution in [3.05, 3.63) is 26.6 Å². The van der Waals surface area contributed by atoms with Crippen molar-refractivity contribution in [2.75, 3.05) is 13.2 Å². The lowest BCUT2D eigenvalue weighted by Crippen LogP contribution is -2.20. The van der Waals surface area contributed by atoms with E-state index in [1.807, 2.05) is 12.1 Å². The molecule has 1 aliphatic rings. The standard InChI is InChI=1S/C16H23Br2NO2/c17-14-9-12(10-15(18)16(14)20)11-19-7-4-8-21-13-5-2-1-3-6-13/h9-10,13,19-20H,1-8,11H2. The number of phenols is 1. The lowest BCUT2D eigenvalue weighted by atomic mass is 9.98. The third-order valence-corrected chi connectivity index (χ3v) is 5.02. The van der Waals surface area contributed by atoms with Crippen molar-refractivity contribution in [3.63, 3.8) is 0 Å². The Hall–Kier alpha value is -0.100. The van der Waals surface area contributed by atoms with Crippen LogP contribution >= 0.6 is 31.9 Å². The summed E-state index contributed by atoms with van der Waals surface area (Å²) in [6.07, 6.45) is 8.05. The van der Waals surface area contributed by atoms with E-state index in [4.69, 9.17) is 4.74 Å². The molecule has 5 heteroatoms. The van der Waals surface area contributed by atoms with Gasteiger partial charge in [-0.15, -0.1) is 0 Å². The Morgan fingerprint density at radius 2 is 1.81 bits per heavy atom. The van der Waals surface area contributed by atoms with Crippen molar-refractivity contribution in [1.82, 2.24) is 5.32 Å².